The van der Waals surface area contributed by atoms with Gasteiger partial charge in [0.25, 0.3) is 0 Å². The maximum Gasteiger partial charge on any atom is 0.333 e. The van der Waals surface area contributed by atoms with Crippen molar-refractivity contribution in [1.82, 2.24) is 0 Å². The molecule has 1 atom stereocenters. The first-order chi connectivity index (χ1) is 4.42. The Bertz CT molecular complexity index is 107. The molecule has 0 radical (unpaired) electrons. The zero-order valence-electron chi connectivity index (χ0n) is 4.90. The number of aliphatic hydroxyl groups is 1. The predicted molar refractivity (Wildman–Crippen MR) is 26.0 cm³/mol. The van der Waals surface area contributed by atoms with Gasteiger partial charge in [0.2, 0.25) is 0 Å². The Morgan fingerprint density at radius 1 is 1.40 bits per heavy atom. The van der Waals surface area contributed by atoms with Crippen LogP contribution >= 0.6 is 0 Å². The largest absolute Gasteiger partial charge is 0.385 e. The molecule has 0 spiro atoms. The summed E-state index contributed by atoms with van der Waals surface area (Å²) in [7, 11) is 0. The average molecular weight is 161 g/mol. The van der Waals surface area contributed by atoms with E-state index in [-0.39, 0.29) is 0 Å². The number of rotatable bonds is 3. The lowest BCUT2D eigenvalue weighted by molar-refractivity contribution is -0.187. The number of aliphatic hydroxyl groups excluding tert-OH is 1. The molecule has 0 aromatic rings. The first kappa shape index (κ1) is 9.64. The molecule has 2 nitrogen and oxygen atoms in total. The molecule has 0 aliphatic heterocycles. The highest BCUT2D eigenvalue weighted by Gasteiger charge is 2.47. The van der Waals surface area contributed by atoms with Crippen LogP contribution in [0.4, 0.5) is 17.6 Å². The van der Waals surface area contributed by atoms with Gasteiger partial charge in [-0.2, -0.15) is 8.78 Å². The van der Waals surface area contributed by atoms with Crippen LogP contribution in [0.5, 0.6) is 0 Å². The first-order valence-electron chi connectivity index (χ1n) is 2.47. The summed E-state index contributed by atoms with van der Waals surface area (Å²) in [5.41, 5.74) is 4.53. The lowest BCUT2D eigenvalue weighted by atomic mass is 10.2. The molecule has 0 aliphatic carbocycles. The van der Waals surface area contributed by atoms with Crippen LogP contribution in [-0.4, -0.2) is 30.1 Å². The van der Waals surface area contributed by atoms with Gasteiger partial charge in [0.15, 0.2) is 0 Å². The quantitative estimate of drug-likeness (QED) is 0.581. The van der Waals surface area contributed by atoms with E-state index in [4.69, 9.17) is 5.11 Å². The second-order valence-corrected chi connectivity index (χ2v) is 1.73. The van der Waals surface area contributed by atoms with E-state index in [2.05, 4.69) is 5.73 Å². The third kappa shape index (κ3) is 1.81. The second-order valence-electron chi connectivity index (χ2n) is 1.73. The highest BCUT2D eigenvalue weighted by Crippen LogP contribution is 2.25. The van der Waals surface area contributed by atoms with Crippen LogP contribution in [-0.2, 0) is 0 Å². The van der Waals surface area contributed by atoms with Crippen LogP contribution in [0.15, 0.2) is 0 Å². The van der Waals surface area contributed by atoms with Gasteiger partial charge >= 0.3 is 12.3 Å². The highest BCUT2D eigenvalue weighted by molar-refractivity contribution is 4.79. The number of alkyl halides is 4. The average Bonchev–Trinajstić information content (AvgIpc) is 1.86. The van der Waals surface area contributed by atoms with Crippen LogP contribution in [0.2, 0.25) is 0 Å². The van der Waals surface area contributed by atoms with Crippen molar-refractivity contribution in [3.8, 4) is 0 Å². The SMILES string of the molecule is NC[C@H](O)C(F)(F)C(F)F. The Balaban J connectivity index is 4.09. The van der Waals surface area contributed by atoms with Crippen molar-refractivity contribution in [3.63, 3.8) is 0 Å². The number of halogens is 4. The Morgan fingerprint density at radius 2 is 1.80 bits per heavy atom. The van der Waals surface area contributed by atoms with Crippen LogP contribution < -0.4 is 5.73 Å². The lowest BCUT2D eigenvalue weighted by Crippen LogP contribution is -2.44. The Kier molecular flexibility index (Phi) is 3.04. The molecule has 6 heteroatoms. The van der Waals surface area contributed by atoms with E-state index in [1.54, 1.807) is 0 Å². The molecule has 0 heterocycles. The molecule has 0 bridgehead atoms. The Labute approximate surface area is 54.6 Å². The first-order valence-corrected chi connectivity index (χ1v) is 2.47. The summed E-state index contributed by atoms with van der Waals surface area (Å²) in [6, 6.07) is 0. The molecular weight excluding hydrogens is 154 g/mol. The minimum Gasteiger partial charge on any atom is -0.385 e. The van der Waals surface area contributed by atoms with Crippen LogP contribution in [0.1, 0.15) is 0 Å². The van der Waals surface area contributed by atoms with E-state index < -0.39 is 25.0 Å². The van der Waals surface area contributed by atoms with Gasteiger partial charge < -0.3 is 10.8 Å². The lowest BCUT2D eigenvalue weighted by Gasteiger charge is -2.19. The zero-order chi connectivity index (χ0) is 8.36. The van der Waals surface area contributed by atoms with Crippen molar-refractivity contribution >= 4 is 0 Å². The Hall–Kier alpha value is -0.360. The van der Waals surface area contributed by atoms with Gasteiger partial charge in [0.1, 0.15) is 6.10 Å². The van der Waals surface area contributed by atoms with Crippen molar-refractivity contribution in [2.45, 2.75) is 18.5 Å². The van der Waals surface area contributed by atoms with Crippen molar-refractivity contribution in [1.29, 1.82) is 0 Å². The molecule has 0 amide bonds. The summed E-state index contributed by atoms with van der Waals surface area (Å²) in [6.45, 7) is -0.878. The second kappa shape index (κ2) is 3.16. The summed E-state index contributed by atoms with van der Waals surface area (Å²) in [6.07, 6.45) is -6.33. The van der Waals surface area contributed by atoms with Crippen LogP contribution in [0, 0.1) is 0 Å². The number of hydrogen-bond donors (Lipinski definition) is 2. The fraction of sp³-hybridized carbons (Fsp3) is 1.00. The normalized spacial score (nSPS) is 15.9. The van der Waals surface area contributed by atoms with Gasteiger partial charge in [-0.25, -0.2) is 8.78 Å². The van der Waals surface area contributed by atoms with E-state index in [1.165, 1.54) is 0 Å². The summed E-state index contributed by atoms with van der Waals surface area (Å²) in [5.74, 6) is -4.39. The number of nitrogens with two attached hydrogens (primary N) is 1. The molecule has 0 aromatic carbocycles. The van der Waals surface area contributed by atoms with E-state index in [0.29, 0.717) is 0 Å². The predicted octanol–water partition coefficient (Wildman–Crippen LogP) is 0.206. The van der Waals surface area contributed by atoms with E-state index in [9.17, 15) is 17.6 Å². The topological polar surface area (TPSA) is 46.2 Å². The molecule has 0 saturated heterocycles. The molecular formula is C4H7F4NO. The highest BCUT2D eigenvalue weighted by atomic mass is 19.3. The van der Waals surface area contributed by atoms with Crippen LogP contribution in [0.25, 0.3) is 0 Å². The van der Waals surface area contributed by atoms with Gasteiger partial charge in [-0.3, -0.25) is 0 Å². The molecule has 0 fully saturated rings. The molecule has 10 heavy (non-hydrogen) atoms. The van der Waals surface area contributed by atoms with Crippen molar-refractivity contribution in [3.05, 3.63) is 0 Å². The van der Waals surface area contributed by atoms with Gasteiger partial charge in [-0.15, -0.1) is 0 Å². The summed E-state index contributed by atoms with van der Waals surface area (Å²) in [4.78, 5) is 0. The molecule has 62 valence electrons. The minimum atomic E-state index is -4.39. The third-order valence-corrected chi connectivity index (χ3v) is 0.958. The maximum absolute atomic E-state index is 11.9. The molecule has 0 aliphatic rings. The van der Waals surface area contributed by atoms with E-state index in [0.717, 1.165) is 0 Å². The van der Waals surface area contributed by atoms with Gasteiger partial charge in [-0.05, 0) is 0 Å². The molecule has 0 aromatic heterocycles. The summed E-state index contributed by atoms with van der Waals surface area (Å²) in [5, 5.41) is 8.20. The smallest absolute Gasteiger partial charge is 0.333 e. The fourth-order valence-corrected chi connectivity index (χ4v) is 0.303. The monoisotopic (exact) mass is 161 g/mol. The summed E-state index contributed by atoms with van der Waals surface area (Å²) >= 11 is 0. The molecule has 0 rings (SSSR count). The van der Waals surface area contributed by atoms with Gasteiger partial charge in [0, 0.05) is 6.54 Å². The molecule has 0 saturated carbocycles. The third-order valence-electron chi connectivity index (χ3n) is 0.958. The minimum absolute atomic E-state index is 0.878. The van der Waals surface area contributed by atoms with Gasteiger partial charge in [-0.1, -0.05) is 0 Å². The molecule has 0 unspecified atom stereocenters. The number of hydrogen-bond acceptors (Lipinski definition) is 2. The van der Waals surface area contributed by atoms with Crippen molar-refractivity contribution in [2.24, 2.45) is 5.73 Å². The summed E-state index contributed by atoms with van der Waals surface area (Å²) < 4.78 is 46.3. The van der Waals surface area contributed by atoms with E-state index >= 15 is 0 Å². The standard InChI is InChI=1S/C4H7F4NO/c5-3(6)4(7,8)2(10)1-9/h2-3,10H,1,9H2/t2-/m0/s1. The van der Waals surface area contributed by atoms with Crippen molar-refractivity contribution in [2.75, 3.05) is 6.54 Å². The zero-order valence-corrected chi connectivity index (χ0v) is 4.90. The van der Waals surface area contributed by atoms with E-state index in [1.807, 2.05) is 0 Å². The fourth-order valence-electron chi connectivity index (χ4n) is 0.303. The maximum atomic E-state index is 11.9. The van der Waals surface area contributed by atoms with Crippen molar-refractivity contribution < 1.29 is 22.7 Å². The molecule has 3 N–H and O–H groups in total. The van der Waals surface area contributed by atoms with Crippen LogP contribution in [0.3, 0.4) is 0 Å². The Morgan fingerprint density at radius 3 is 1.90 bits per heavy atom. The van der Waals surface area contributed by atoms with Gasteiger partial charge in [0.05, 0.1) is 0 Å².